The van der Waals surface area contributed by atoms with Crippen LogP contribution in [0.1, 0.15) is 27.5 Å². The summed E-state index contributed by atoms with van der Waals surface area (Å²) in [5, 5.41) is 11.0. The summed E-state index contributed by atoms with van der Waals surface area (Å²) >= 11 is 6.06. The standard InChI is InChI=1S/C25H24ClN3O2/c26-20-11-9-18(10-12-20)14-29-22(15-30)23(19-6-2-1-3-7-19)25(29)16-28(17-25)24(31)21-8-4-5-13-27-21/h1-13,22-23,30H,14-17H2/t22-,23+/m1/s1. The average Bonchev–Trinajstić information content (AvgIpc) is 2.78. The molecule has 2 aliphatic heterocycles. The van der Waals surface area contributed by atoms with E-state index >= 15 is 0 Å². The van der Waals surface area contributed by atoms with Crippen LogP contribution in [0, 0.1) is 0 Å². The zero-order valence-electron chi connectivity index (χ0n) is 17.1. The Morgan fingerprint density at radius 1 is 1.03 bits per heavy atom. The van der Waals surface area contributed by atoms with Crippen molar-refractivity contribution in [1.82, 2.24) is 14.8 Å². The summed E-state index contributed by atoms with van der Waals surface area (Å²) in [6.07, 6.45) is 1.65. The van der Waals surface area contributed by atoms with Crippen LogP contribution in [0.5, 0.6) is 0 Å². The van der Waals surface area contributed by atoms with E-state index in [2.05, 4.69) is 22.0 Å². The Morgan fingerprint density at radius 3 is 2.39 bits per heavy atom. The van der Waals surface area contributed by atoms with Gasteiger partial charge in [-0.15, -0.1) is 0 Å². The highest BCUT2D eigenvalue weighted by Gasteiger charge is 2.66. The number of carbonyl (C=O) groups excluding carboxylic acids is 1. The third-order valence-electron chi connectivity index (χ3n) is 6.65. The summed E-state index contributed by atoms with van der Waals surface area (Å²) < 4.78 is 0. The number of amides is 1. The Labute approximate surface area is 186 Å². The maximum Gasteiger partial charge on any atom is 0.272 e. The van der Waals surface area contributed by atoms with Gasteiger partial charge in [0.05, 0.1) is 12.1 Å². The number of likely N-dealkylation sites (tertiary alicyclic amines) is 2. The van der Waals surface area contributed by atoms with Crippen molar-refractivity contribution in [3.05, 3.63) is 101 Å². The van der Waals surface area contributed by atoms with Gasteiger partial charge >= 0.3 is 0 Å². The molecule has 0 bridgehead atoms. The monoisotopic (exact) mass is 433 g/mol. The van der Waals surface area contributed by atoms with Gasteiger partial charge in [0, 0.05) is 42.8 Å². The fourth-order valence-corrected chi connectivity index (χ4v) is 5.34. The summed E-state index contributed by atoms with van der Waals surface area (Å²) in [7, 11) is 0. The second-order valence-electron chi connectivity index (χ2n) is 8.37. The molecule has 3 aromatic rings. The molecule has 3 heterocycles. The van der Waals surface area contributed by atoms with Crippen LogP contribution in [-0.2, 0) is 6.54 Å². The van der Waals surface area contributed by atoms with Crippen molar-refractivity contribution in [2.75, 3.05) is 19.7 Å². The summed E-state index contributed by atoms with van der Waals surface area (Å²) in [5.74, 6) is 0.121. The fourth-order valence-electron chi connectivity index (χ4n) is 5.21. The van der Waals surface area contributed by atoms with E-state index in [0.29, 0.717) is 30.4 Å². The van der Waals surface area contributed by atoms with Gasteiger partial charge in [-0.1, -0.05) is 60.1 Å². The molecular weight excluding hydrogens is 410 g/mol. The van der Waals surface area contributed by atoms with E-state index < -0.39 is 0 Å². The first kappa shape index (κ1) is 20.2. The summed E-state index contributed by atoms with van der Waals surface area (Å²) in [4.78, 5) is 21.4. The maximum atomic E-state index is 12.9. The van der Waals surface area contributed by atoms with Gasteiger partial charge in [0.2, 0.25) is 0 Å². The summed E-state index contributed by atoms with van der Waals surface area (Å²) in [6, 6.07) is 23.6. The highest BCUT2D eigenvalue weighted by molar-refractivity contribution is 6.30. The number of benzene rings is 2. The van der Waals surface area contributed by atoms with E-state index in [1.807, 2.05) is 59.5 Å². The Kier molecular flexibility index (Phi) is 5.26. The van der Waals surface area contributed by atoms with Crippen molar-refractivity contribution in [2.24, 2.45) is 0 Å². The van der Waals surface area contributed by atoms with Gasteiger partial charge in [0.25, 0.3) is 5.91 Å². The van der Waals surface area contributed by atoms with Crippen molar-refractivity contribution < 1.29 is 9.90 Å². The quantitative estimate of drug-likeness (QED) is 0.668. The van der Waals surface area contributed by atoms with Crippen LogP contribution in [-0.4, -0.2) is 57.1 Å². The van der Waals surface area contributed by atoms with Crippen LogP contribution < -0.4 is 0 Å². The van der Waals surface area contributed by atoms with Gasteiger partial charge in [-0.2, -0.15) is 0 Å². The number of halogens is 1. The number of nitrogens with zero attached hydrogens (tertiary/aromatic N) is 3. The molecule has 2 saturated heterocycles. The third-order valence-corrected chi connectivity index (χ3v) is 6.90. The van der Waals surface area contributed by atoms with E-state index in [4.69, 9.17) is 11.6 Å². The van der Waals surface area contributed by atoms with Gasteiger partial charge in [0.1, 0.15) is 5.69 Å². The summed E-state index contributed by atoms with van der Waals surface area (Å²) in [5.41, 5.74) is 2.62. The van der Waals surface area contributed by atoms with E-state index in [-0.39, 0.29) is 30.0 Å². The Balaban J connectivity index is 1.43. The number of hydrogen-bond donors (Lipinski definition) is 1. The Hall–Kier alpha value is -2.73. The van der Waals surface area contributed by atoms with Gasteiger partial charge in [-0.25, -0.2) is 0 Å². The highest BCUT2D eigenvalue weighted by Crippen LogP contribution is 2.54. The zero-order valence-corrected chi connectivity index (χ0v) is 17.8. The number of aliphatic hydroxyl groups excluding tert-OH is 1. The molecule has 2 aliphatic rings. The topological polar surface area (TPSA) is 56.7 Å². The Morgan fingerprint density at radius 2 is 1.74 bits per heavy atom. The molecule has 0 radical (unpaired) electrons. The van der Waals surface area contributed by atoms with E-state index in [1.165, 1.54) is 5.56 Å². The first-order valence-electron chi connectivity index (χ1n) is 10.5. The van der Waals surface area contributed by atoms with Gasteiger partial charge in [-0.05, 0) is 35.4 Å². The first-order chi connectivity index (χ1) is 15.1. The van der Waals surface area contributed by atoms with Crippen molar-refractivity contribution in [3.63, 3.8) is 0 Å². The van der Waals surface area contributed by atoms with Gasteiger partial charge in [-0.3, -0.25) is 14.7 Å². The molecule has 5 nitrogen and oxygen atoms in total. The van der Waals surface area contributed by atoms with Gasteiger partial charge in [0.15, 0.2) is 0 Å². The molecule has 5 rings (SSSR count). The smallest absolute Gasteiger partial charge is 0.272 e. The van der Waals surface area contributed by atoms with Crippen LogP contribution >= 0.6 is 11.6 Å². The molecule has 0 aliphatic carbocycles. The lowest BCUT2D eigenvalue weighted by atomic mass is 9.60. The molecular formula is C25H24ClN3O2. The largest absolute Gasteiger partial charge is 0.395 e. The molecule has 2 fully saturated rings. The van der Waals surface area contributed by atoms with Crippen molar-refractivity contribution in [3.8, 4) is 0 Å². The lowest BCUT2D eigenvalue weighted by Crippen LogP contribution is -2.84. The van der Waals surface area contributed by atoms with E-state index in [0.717, 1.165) is 5.56 Å². The van der Waals surface area contributed by atoms with Crippen LogP contribution in [0.15, 0.2) is 79.0 Å². The summed E-state index contributed by atoms with van der Waals surface area (Å²) in [6.45, 7) is 2.01. The molecule has 0 unspecified atom stereocenters. The minimum atomic E-state index is -0.196. The SMILES string of the molecule is O=C(c1ccccn1)N1CC2(C1)[C@@H](c1ccccc1)[C@@H](CO)N2Cc1ccc(Cl)cc1. The van der Waals surface area contributed by atoms with Crippen LogP contribution in [0.2, 0.25) is 5.02 Å². The molecule has 2 aromatic carbocycles. The minimum absolute atomic E-state index is 0.00480. The highest BCUT2D eigenvalue weighted by atomic mass is 35.5. The van der Waals surface area contributed by atoms with Crippen LogP contribution in [0.4, 0.5) is 0 Å². The Bertz CT molecular complexity index is 1050. The molecule has 158 valence electrons. The first-order valence-corrected chi connectivity index (χ1v) is 10.9. The zero-order chi connectivity index (χ0) is 21.4. The number of rotatable bonds is 5. The van der Waals surface area contributed by atoms with Crippen LogP contribution in [0.25, 0.3) is 0 Å². The predicted octanol–water partition coefficient (Wildman–Crippen LogP) is 3.59. The maximum absolute atomic E-state index is 12.9. The van der Waals surface area contributed by atoms with Crippen LogP contribution in [0.3, 0.4) is 0 Å². The molecule has 0 saturated carbocycles. The fraction of sp³-hybridized carbons (Fsp3) is 0.280. The number of aliphatic hydroxyl groups is 1. The number of carbonyl (C=O) groups is 1. The average molecular weight is 434 g/mol. The molecule has 2 atom stereocenters. The molecule has 1 amide bonds. The van der Waals surface area contributed by atoms with E-state index in [9.17, 15) is 9.90 Å². The lowest BCUT2D eigenvalue weighted by molar-refractivity contribution is -0.184. The molecule has 6 heteroatoms. The second kappa shape index (κ2) is 8.08. The molecule has 1 N–H and O–H groups in total. The van der Waals surface area contributed by atoms with Crippen molar-refractivity contribution in [2.45, 2.75) is 24.0 Å². The normalized spacial score (nSPS) is 22.1. The minimum Gasteiger partial charge on any atom is -0.395 e. The number of aromatic nitrogens is 1. The predicted molar refractivity (Wildman–Crippen MR) is 120 cm³/mol. The number of hydrogen-bond acceptors (Lipinski definition) is 4. The van der Waals surface area contributed by atoms with E-state index in [1.54, 1.807) is 12.3 Å². The van der Waals surface area contributed by atoms with Crippen molar-refractivity contribution >= 4 is 17.5 Å². The van der Waals surface area contributed by atoms with Crippen molar-refractivity contribution in [1.29, 1.82) is 0 Å². The van der Waals surface area contributed by atoms with Gasteiger partial charge < -0.3 is 10.0 Å². The third kappa shape index (κ3) is 3.43. The number of pyridine rings is 1. The molecule has 31 heavy (non-hydrogen) atoms. The molecule has 1 aromatic heterocycles. The molecule has 1 spiro atoms. The second-order valence-corrected chi connectivity index (χ2v) is 8.81. The lowest BCUT2D eigenvalue weighted by Gasteiger charge is -2.70.